The average molecular weight is 357 g/mol. The Morgan fingerprint density at radius 2 is 2.20 bits per heavy atom. The number of nitrogen functional groups attached to an aromatic ring is 1. The molecule has 0 fully saturated rings. The summed E-state index contributed by atoms with van der Waals surface area (Å²) in [6.07, 6.45) is 1.45. The molecule has 3 N–H and O–H groups in total. The Morgan fingerprint density at radius 3 is 2.85 bits per heavy atom. The van der Waals surface area contributed by atoms with Crippen LogP contribution in [0, 0.1) is 0 Å². The van der Waals surface area contributed by atoms with E-state index in [0.717, 1.165) is 4.47 Å². The molecule has 0 unspecified atom stereocenters. The fourth-order valence-corrected chi connectivity index (χ4v) is 1.98. The Bertz CT molecular complexity index is 664. The van der Waals surface area contributed by atoms with Crippen LogP contribution in [0.1, 0.15) is 10.4 Å². The van der Waals surface area contributed by atoms with E-state index in [4.69, 9.17) is 22.1 Å². The lowest BCUT2D eigenvalue weighted by atomic mass is 10.2. The van der Waals surface area contributed by atoms with Crippen molar-refractivity contribution in [2.24, 2.45) is 0 Å². The second kappa shape index (κ2) is 6.11. The number of rotatable bonds is 3. The molecule has 0 spiro atoms. The van der Waals surface area contributed by atoms with Crippen molar-refractivity contribution in [3.63, 3.8) is 0 Å². The van der Waals surface area contributed by atoms with Gasteiger partial charge in [-0.05, 0) is 40.2 Å². The largest absolute Gasteiger partial charge is 0.465 e. The molecule has 0 aliphatic rings. The first-order valence-corrected chi connectivity index (χ1v) is 6.74. The number of hydrogen-bond donors (Lipinski definition) is 2. The van der Waals surface area contributed by atoms with E-state index in [9.17, 15) is 4.79 Å². The lowest BCUT2D eigenvalue weighted by Crippen LogP contribution is -2.08. The molecular formula is C13H11BrClN3O2. The van der Waals surface area contributed by atoms with Crippen LogP contribution in [0.15, 0.2) is 34.9 Å². The highest BCUT2D eigenvalue weighted by Gasteiger charge is 2.14. The van der Waals surface area contributed by atoms with Crippen LogP contribution in [0.25, 0.3) is 0 Å². The van der Waals surface area contributed by atoms with Gasteiger partial charge in [-0.25, -0.2) is 9.78 Å². The number of methoxy groups -OCH3 is 1. The molecule has 0 aliphatic carbocycles. The molecule has 0 aliphatic heterocycles. The number of esters is 1. The third-order valence-electron chi connectivity index (χ3n) is 2.50. The van der Waals surface area contributed by atoms with Gasteiger partial charge in [0.25, 0.3) is 0 Å². The maximum absolute atomic E-state index is 11.7. The number of nitrogens with two attached hydrogens (primary N) is 1. The zero-order valence-corrected chi connectivity index (χ0v) is 12.8. The molecular weight excluding hydrogens is 346 g/mol. The Balaban J connectivity index is 2.37. The number of anilines is 3. The van der Waals surface area contributed by atoms with E-state index in [1.165, 1.54) is 19.4 Å². The summed E-state index contributed by atoms with van der Waals surface area (Å²) >= 11 is 9.32. The predicted molar refractivity (Wildman–Crippen MR) is 82.4 cm³/mol. The monoisotopic (exact) mass is 355 g/mol. The third-order valence-corrected chi connectivity index (χ3v) is 3.73. The van der Waals surface area contributed by atoms with Gasteiger partial charge in [0.05, 0.1) is 24.0 Å². The van der Waals surface area contributed by atoms with Gasteiger partial charge in [-0.1, -0.05) is 11.6 Å². The lowest BCUT2D eigenvalue weighted by Gasteiger charge is -2.11. The molecule has 1 aromatic carbocycles. The molecule has 2 aromatic rings. The highest BCUT2D eigenvalue weighted by atomic mass is 79.9. The van der Waals surface area contributed by atoms with Gasteiger partial charge in [0.15, 0.2) is 0 Å². The first kappa shape index (κ1) is 14.6. The van der Waals surface area contributed by atoms with Gasteiger partial charge in [-0.2, -0.15) is 0 Å². The van der Waals surface area contributed by atoms with Crippen LogP contribution in [-0.2, 0) is 4.74 Å². The van der Waals surface area contributed by atoms with Crippen molar-refractivity contribution >= 4 is 50.7 Å². The van der Waals surface area contributed by atoms with Gasteiger partial charge in [0.2, 0.25) is 0 Å². The topological polar surface area (TPSA) is 77.2 Å². The smallest absolute Gasteiger partial charge is 0.341 e. The number of carbonyl (C=O) groups excluding carboxylic acids is 1. The highest BCUT2D eigenvalue weighted by Crippen LogP contribution is 2.28. The number of carbonyl (C=O) groups is 1. The molecule has 5 nitrogen and oxygen atoms in total. The predicted octanol–water partition coefficient (Wildman–Crippen LogP) is 3.61. The number of nitrogens with one attached hydrogen (secondary N) is 1. The van der Waals surface area contributed by atoms with Crippen molar-refractivity contribution in [1.82, 2.24) is 4.98 Å². The molecule has 0 radical (unpaired) electrons. The van der Waals surface area contributed by atoms with Gasteiger partial charge in [0.1, 0.15) is 11.4 Å². The summed E-state index contributed by atoms with van der Waals surface area (Å²) in [5.74, 6) is -0.167. The minimum atomic E-state index is -0.518. The third kappa shape index (κ3) is 3.20. The Labute approximate surface area is 129 Å². The number of benzene rings is 1. The van der Waals surface area contributed by atoms with Crippen LogP contribution in [0.2, 0.25) is 5.02 Å². The Kier molecular flexibility index (Phi) is 4.46. The van der Waals surface area contributed by atoms with Crippen LogP contribution < -0.4 is 11.1 Å². The summed E-state index contributed by atoms with van der Waals surface area (Å²) in [6, 6.07) is 6.81. The molecule has 2 rings (SSSR count). The van der Waals surface area contributed by atoms with Gasteiger partial charge < -0.3 is 15.8 Å². The number of nitrogens with zero attached hydrogens (tertiary/aromatic N) is 1. The minimum absolute atomic E-state index is 0.256. The molecule has 0 bridgehead atoms. The summed E-state index contributed by atoms with van der Waals surface area (Å²) < 4.78 is 5.49. The van der Waals surface area contributed by atoms with E-state index in [2.05, 4.69) is 26.2 Å². The normalized spacial score (nSPS) is 10.2. The number of aromatic nitrogens is 1. The van der Waals surface area contributed by atoms with Gasteiger partial charge in [0, 0.05) is 10.2 Å². The summed E-state index contributed by atoms with van der Waals surface area (Å²) in [6.45, 7) is 0. The minimum Gasteiger partial charge on any atom is -0.465 e. The molecule has 1 aromatic heterocycles. The zero-order chi connectivity index (χ0) is 14.7. The lowest BCUT2D eigenvalue weighted by molar-refractivity contribution is 0.0601. The zero-order valence-electron chi connectivity index (χ0n) is 10.5. The van der Waals surface area contributed by atoms with E-state index < -0.39 is 5.97 Å². The molecule has 0 atom stereocenters. The van der Waals surface area contributed by atoms with Crippen LogP contribution >= 0.6 is 27.5 Å². The molecule has 0 saturated carbocycles. The summed E-state index contributed by atoms with van der Waals surface area (Å²) in [5.41, 5.74) is 6.96. The van der Waals surface area contributed by atoms with Gasteiger partial charge in [-0.15, -0.1) is 0 Å². The second-order valence-electron chi connectivity index (χ2n) is 3.91. The van der Waals surface area contributed by atoms with Crippen LogP contribution in [-0.4, -0.2) is 18.1 Å². The quantitative estimate of drug-likeness (QED) is 0.822. The number of hydrogen-bond acceptors (Lipinski definition) is 5. The molecule has 0 saturated heterocycles. The van der Waals surface area contributed by atoms with Crippen LogP contribution in [0.3, 0.4) is 0 Å². The average Bonchev–Trinajstić information content (AvgIpc) is 2.44. The maximum Gasteiger partial charge on any atom is 0.341 e. The number of halogens is 2. The van der Waals surface area contributed by atoms with Crippen molar-refractivity contribution in [2.75, 3.05) is 18.2 Å². The molecule has 104 valence electrons. The van der Waals surface area contributed by atoms with E-state index in [0.29, 0.717) is 22.2 Å². The molecule has 0 amide bonds. The van der Waals surface area contributed by atoms with E-state index >= 15 is 0 Å². The van der Waals surface area contributed by atoms with Crippen molar-refractivity contribution < 1.29 is 9.53 Å². The van der Waals surface area contributed by atoms with Crippen molar-refractivity contribution in [3.8, 4) is 0 Å². The van der Waals surface area contributed by atoms with Gasteiger partial charge in [-0.3, -0.25) is 0 Å². The Hall–Kier alpha value is -1.79. The van der Waals surface area contributed by atoms with E-state index in [-0.39, 0.29) is 5.56 Å². The molecule has 7 heteroatoms. The SMILES string of the molecule is COC(=O)c1cc(N)cnc1Nc1ccc(Br)c(Cl)c1. The van der Waals surface area contributed by atoms with Crippen LogP contribution in [0.5, 0.6) is 0 Å². The highest BCUT2D eigenvalue weighted by molar-refractivity contribution is 9.10. The van der Waals surface area contributed by atoms with Crippen molar-refractivity contribution in [1.29, 1.82) is 0 Å². The summed E-state index contributed by atoms with van der Waals surface area (Å²) in [5, 5.41) is 3.56. The van der Waals surface area contributed by atoms with Gasteiger partial charge >= 0.3 is 5.97 Å². The fourth-order valence-electron chi connectivity index (χ4n) is 1.56. The Morgan fingerprint density at radius 1 is 1.45 bits per heavy atom. The fraction of sp³-hybridized carbons (Fsp3) is 0.0769. The molecule has 1 heterocycles. The number of pyridine rings is 1. The first-order chi connectivity index (χ1) is 9.51. The van der Waals surface area contributed by atoms with E-state index in [1.807, 2.05) is 0 Å². The molecule has 20 heavy (non-hydrogen) atoms. The van der Waals surface area contributed by atoms with E-state index in [1.54, 1.807) is 18.2 Å². The standard InChI is InChI=1S/C13H11BrClN3O2/c1-20-13(19)9-4-7(16)6-17-12(9)18-8-2-3-10(14)11(15)5-8/h2-6H,16H2,1H3,(H,17,18). The first-order valence-electron chi connectivity index (χ1n) is 5.57. The van der Waals surface area contributed by atoms with Crippen LogP contribution in [0.4, 0.5) is 17.2 Å². The summed E-state index contributed by atoms with van der Waals surface area (Å²) in [7, 11) is 1.30. The number of ether oxygens (including phenoxy) is 1. The second-order valence-corrected chi connectivity index (χ2v) is 5.17. The maximum atomic E-state index is 11.7. The van der Waals surface area contributed by atoms with Crippen molar-refractivity contribution in [3.05, 3.63) is 45.5 Å². The summed E-state index contributed by atoms with van der Waals surface area (Å²) in [4.78, 5) is 15.8. The van der Waals surface area contributed by atoms with Crippen molar-refractivity contribution in [2.45, 2.75) is 0 Å².